The molecule has 9 nitrogen and oxygen atoms in total. The lowest BCUT2D eigenvalue weighted by molar-refractivity contribution is -0.151. The van der Waals surface area contributed by atoms with Gasteiger partial charge in [0.25, 0.3) is 11.8 Å². The maximum Gasteiger partial charge on any atom is 0.329 e. The normalized spacial score (nSPS) is 11.5. The predicted octanol–water partition coefficient (Wildman–Crippen LogP) is 1.45. The molecule has 31 heavy (non-hydrogen) atoms. The van der Waals surface area contributed by atoms with Crippen LogP contribution < -0.4 is 16.2 Å². The summed E-state index contributed by atoms with van der Waals surface area (Å²) in [5.41, 5.74) is 6.58. The first-order valence-corrected chi connectivity index (χ1v) is 10.6. The maximum absolute atomic E-state index is 12.4. The van der Waals surface area contributed by atoms with Crippen LogP contribution in [0.25, 0.3) is 0 Å². The van der Waals surface area contributed by atoms with Crippen LogP contribution in [0.15, 0.2) is 29.6 Å². The number of benzene rings is 1. The zero-order valence-corrected chi connectivity index (χ0v) is 18.7. The molecule has 2 aromatic rings. The highest BCUT2D eigenvalue weighted by Gasteiger charge is 2.27. The summed E-state index contributed by atoms with van der Waals surface area (Å²) < 4.78 is 5.01. The third-order valence-corrected chi connectivity index (χ3v) is 5.12. The number of esters is 1. The Balaban J connectivity index is 1.80. The molecule has 0 fully saturated rings. The number of carbonyl (C=O) groups excluding carboxylic acids is 4. The molecule has 166 valence electrons. The van der Waals surface area contributed by atoms with Crippen LogP contribution in [0, 0.1) is 19.8 Å². The summed E-state index contributed by atoms with van der Waals surface area (Å²) in [6, 6.07) is 6.04. The van der Waals surface area contributed by atoms with E-state index in [2.05, 4.69) is 21.2 Å². The van der Waals surface area contributed by atoms with E-state index in [1.54, 1.807) is 32.0 Å². The van der Waals surface area contributed by atoms with Crippen molar-refractivity contribution in [1.82, 2.24) is 21.2 Å². The van der Waals surface area contributed by atoms with Crippen molar-refractivity contribution in [3.05, 3.63) is 51.5 Å². The average molecular weight is 447 g/mol. The standard InChI is InChI=1S/C21H26N4O5S/c1-12(2)19(23-20(28)15-7-5-6-13(3)8-15)21(29)30-10-17(27)25-24-16(26)9-18-22-14(4)11-31-18/h5-8,11-12,19H,9-10H2,1-4H3,(H,23,28)(H,24,26)(H,25,27)/t19-/m0/s1. The Bertz CT molecular complexity index is 957. The van der Waals surface area contributed by atoms with Crippen molar-refractivity contribution >= 4 is 35.0 Å². The van der Waals surface area contributed by atoms with Crippen molar-refractivity contribution in [3.8, 4) is 0 Å². The van der Waals surface area contributed by atoms with Gasteiger partial charge in [-0.25, -0.2) is 9.78 Å². The summed E-state index contributed by atoms with van der Waals surface area (Å²) in [6.45, 7) is 6.59. The number of aromatic nitrogens is 1. The lowest BCUT2D eigenvalue weighted by Gasteiger charge is -2.21. The summed E-state index contributed by atoms with van der Waals surface area (Å²) in [6.07, 6.45) is 0.0268. The molecule has 0 aliphatic carbocycles. The zero-order chi connectivity index (χ0) is 23.0. The molecule has 0 saturated carbocycles. The van der Waals surface area contributed by atoms with Crippen molar-refractivity contribution in [1.29, 1.82) is 0 Å². The molecule has 0 aliphatic heterocycles. The lowest BCUT2D eigenvalue weighted by atomic mass is 10.0. The van der Waals surface area contributed by atoms with E-state index < -0.39 is 36.3 Å². The summed E-state index contributed by atoms with van der Waals surface area (Å²) in [7, 11) is 0. The summed E-state index contributed by atoms with van der Waals surface area (Å²) in [5, 5.41) is 5.09. The minimum absolute atomic E-state index is 0.0268. The van der Waals surface area contributed by atoms with Gasteiger partial charge in [0, 0.05) is 16.6 Å². The molecular weight excluding hydrogens is 420 g/mol. The third-order valence-electron chi connectivity index (χ3n) is 4.15. The first kappa shape index (κ1) is 24.0. The fourth-order valence-electron chi connectivity index (χ4n) is 2.58. The Morgan fingerprint density at radius 2 is 1.81 bits per heavy atom. The smallest absolute Gasteiger partial charge is 0.329 e. The largest absolute Gasteiger partial charge is 0.454 e. The molecule has 0 radical (unpaired) electrons. The number of hydrazine groups is 1. The van der Waals surface area contributed by atoms with E-state index in [0.29, 0.717) is 10.6 Å². The van der Waals surface area contributed by atoms with Crippen molar-refractivity contribution in [2.75, 3.05) is 6.61 Å². The number of ether oxygens (including phenoxy) is 1. The van der Waals surface area contributed by atoms with Gasteiger partial charge in [-0.15, -0.1) is 11.3 Å². The van der Waals surface area contributed by atoms with Crippen molar-refractivity contribution < 1.29 is 23.9 Å². The predicted molar refractivity (Wildman–Crippen MR) is 115 cm³/mol. The number of thiazole rings is 1. The van der Waals surface area contributed by atoms with Gasteiger partial charge in [-0.05, 0) is 31.9 Å². The molecule has 10 heteroatoms. The van der Waals surface area contributed by atoms with Crippen LogP contribution in [0.3, 0.4) is 0 Å². The molecular formula is C21H26N4O5S. The second kappa shape index (κ2) is 11.2. The molecule has 1 aromatic heterocycles. The fraction of sp³-hybridized carbons (Fsp3) is 0.381. The molecule has 3 N–H and O–H groups in total. The molecule has 3 amide bonds. The number of carbonyl (C=O) groups is 4. The highest BCUT2D eigenvalue weighted by atomic mass is 32.1. The molecule has 1 aromatic carbocycles. The molecule has 1 atom stereocenters. The Kier molecular flexibility index (Phi) is 8.68. The summed E-state index contributed by atoms with van der Waals surface area (Å²) in [4.78, 5) is 52.7. The molecule has 0 saturated heterocycles. The van der Waals surface area contributed by atoms with Gasteiger partial charge in [-0.3, -0.25) is 25.2 Å². The van der Waals surface area contributed by atoms with Crippen LogP contribution in [0.1, 0.15) is 40.5 Å². The molecule has 2 rings (SSSR count). The van der Waals surface area contributed by atoms with Gasteiger partial charge in [0.2, 0.25) is 5.91 Å². The van der Waals surface area contributed by atoms with Crippen LogP contribution in [-0.2, 0) is 25.5 Å². The number of hydrogen-bond donors (Lipinski definition) is 3. The second-order valence-corrected chi connectivity index (χ2v) is 8.27. The minimum atomic E-state index is -0.927. The molecule has 0 aliphatic rings. The highest BCUT2D eigenvalue weighted by molar-refractivity contribution is 7.09. The minimum Gasteiger partial charge on any atom is -0.454 e. The molecule has 0 bridgehead atoms. The first-order valence-electron chi connectivity index (χ1n) is 9.68. The van der Waals surface area contributed by atoms with Gasteiger partial charge in [0.15, 0.2) is 6.61 Å². The Labute approximate surface area is 184 Å². The lowest BCUT2D eigenvalue weighted by Crippen LogP contribution is -2.47. The zero-order valence-electron chi connectivity index (χ0n) is 17.9. The van der Waals surface area contributed by atoms with Crippen LogP contribution in [-0.4, -0.2) is 41.3 Å². The van der Waals surface area contributed by atoms with Gasteiger partial charge in [0.05, 0.1) is 6.42 Å². The van der Waals surface area contributed by atoms with Crippen molar-refractivity contribution in [2.45, 2.75) is 40.2 Å². The van der Waals surface area contributed by atoms with E-state index in [1.165, 1.54) is 11.3 Å². The average Bonchev–Trinajstić information content (AvgIpc) is 3.12. The van der Waals surface area contributed by atoms with Crippen molar-refractivity contribution in [3.63, 3.8) is 0 Å². The van der Waals surface area contributed by atoms with E-state index in [4.69, 9.17) is 4.74 Å². The molecule has 0 spiro atoms. The number of hydrogen-bond acceptors (Lipinski definition) is 7. The maximum atomic E-state index is 12.4. The topological polar surface area (TPSA) is 126 Å². The van der Waals surface area contributed by atoms with E-state index in [1.807, 2.05) is 25.3 Å². The van der Waals surface area contributed by atoms with E-state index in [9.17, 15) is 19.2 Å². The monoisotopic (exact) mass is 446 g/mol. The number of amides is 3. The Morgan fingerprint density at radius 1 is 1.10 bits per heavy atom. The van der Waals surface area contributed by atoms with Gasteiger partial charge in [-0.1, -0.05) is 31.5 Å². The van der Waals surface area contributed by atoms with Crippen LogP contribution in [0.5, 0.6) is 0 Å². The van der Waals surface area contributed by atoms with E-state index >= 15 is 0 Å². The number of nitrogens with one attached hydrogen (secondary N) is 3. The second-order valence-electron chi connectivity index (χ2n) is 7.33. The van der Waals surface area contributed by atoms with Gasteiger partial charge in [-0.2, -0.15) is 0 Å². The number of aryl methyl sites for hydroxylation is 2. The first-order chi connectivity index (χ1) is 14.7. The van der Waals surface area contributed by atoms with Crippen LogP contribution in [0.2, 0.25) is 0 Å². The molecule has 0 unspecified atom stereocenters. The van der Waals surface area contributed by atoms with Crippen LogP contribution in [0.4, 0.5) is 0 Å². The van der Waals surface area contributed by atoms with Crippen LogP contribution >= 0.6 is 11.3 Å². The van der Waals surface area contributed by atoms with E-state index in [0.717, 1.165) is 11.3 Å². The fourth-order valence-corrected chi connectivity index (χ4v) is 3.35. The molecule has 1 heterocycles. The van der Waals surface area contributed by atoms with Gasteiger partial charge in [0.1, 0.15) is 11.0 Å². The van der Waals surface area contributed by atoms with Crippen molar-refractivity contribution in [2.24, 2.45) is 5.92 Å². The number of rotatable bonds is 8. The quantitative estimate of drug-likeness (QED) is 0.416. The van der Waals surface area contributed by atoms with Gasteiger partial charge >= 0.3 is 5.97 Å². The Morgan fingerprint density at radius 3 is 2.42 bits per heavy atom. The Hall–Kier alpha value is -3.27. The summed E-state index contributed by atoms with van der Waals surface area (Å²) >= 11 is 1.35. The number of nitrogens with zero attached hydrogens (tertiary/aromatic N) is 1. The van der Waals surface area contributed by atoms with E-state index in [-0.39, 0.29) is 12.3 Å². The summed E-state index contributed by atoms with van der Waals surface area (Å²) in [5.74, 6) is -2.56. The highest BCUT2D eigenvalue weighted by Crippen LogP contribution is 2.09. The SMILES string of the molecule is Cc1cccc(C(=O)N[C@H](C(=O)OCC(=O)NNC(=O)Cc2nc(C)cs2)C(C)C)c1. The van der Waals surface area contributed by atoms with Gasteiger partial charge < -0.3 is 10.1 Å². The third kappa shape index (κ3) is 7.82.